The summed E-state index contributed by atoms with van der Waals surface area (Å²) >= 11 is 1.63. The van der Waals surface area contributed by atoms with Crippen LogP contribution in [0.25, 0.3) is 0 Å². The number of nitrogens with one attached hydrogen (secondary N) is 2. The number of piperazine rings is 1. The fourth-order valence-corrected chi connectivity index (χ4v) is 5.35. The molecule has 0 aliphatic carbocycles. The predicted molar refractivity (Wildman–Crippen MR) is 156 cm³/mol. The van der Waals surface area contributed by atoms with Crippen molar-refractivity contribution in [1.29, 1.82) is 0 Å². The molecule has 3 aromatic carbocycles. The lowest BCUT2D eigenvalue weighted by Gasteiger charge is -2.35. The summed E-state index contributed by atoms with van der Waals surface area (Å²) in [5.41, 5.74) is 9.81. The van der Waals surface area contributed by atoms with E-state index in [2.05, 4.69) is 62.5 Å². The van der Waals surface area contributed by atoms with Crippen LogP contribution in [0.2, 0.25) is 0 Å². The van der Waals surface area contributed by atoms with Crippen LogP contribution >= 0.6 is 11.8 Å². The Morgan fingerprint density at radius 2 is 1.85 bits per heavy atom. The molecule has 0 bridgehead atoms. The molecule has 2 heterocycles. The molecule has 1 unspecified atom stereocenters. The molecule has 0 radical (unpaired) electrons. The van der Waals surface area contributed by atoms with E-state index < -0.39 is 6.04 Å². The number of imidazole rings is 1. The van der Waals surface area contributed by atoms with E-state index in [1.807, 2.05) is 42.5 Å². The molecule has 39 heavy (non-hydrogen) atoms. The van der Waals surface area contributed by atoms with Crippen molar-refractivity contribution in [2.75, 3.05) is 43.4 Å². The summed E-state index contributed by atoms with van der Waals surface area (Å²) in [6.07, 6.45) is 3.70. The van der Waals surface area contributed by atoms with Crippen molar-refractivity contribution in [3.8, 4) is 5.75 Å². The summed E-state index contributed by atoms with van der Waals surface area (Å²) in [4.78, 5) is 26.5. The number of nitrogens with zero attached hydrogens (tertiary/aromatic N) is 3. The van der Waals surface area contributed by atoms with E-state index in [0.29, 0.717) is 18.7 Å². The lowest BCUT2D eigenvalue weighted by molar-refractivity contribution is -0.117. The molecule has 1 amide bonds. The highest BCUT2D eigenvalue weighted by atomic mass is 32.2. The lowest BCUT2D eigenvalue weighted by atomic mass is 10.1. The molecule has 1 fully saturated rings. The average molecular weight is 543 g/mol. The van der Waals surface area contributed by atoms with Gasteiger partial charge in [-0.05, 0) is 49.0 Å². The summed E-state index contributed by atoms with van der Waals surface area (Å²) in [6.45, 7) is 4.50. The molecular weight excluding hydrogens is 508 g/mol. The number of carbonyl (C=O) groups is 1. The van der Waals surface area contributed by atoms with Crippen molar-refractivity contribution < 1.29 is 9.53 Å². The molecule has 1 aliphatic heterocycles. The van der Waals surface area contributed by atoms with Gasteiger partial charge in [0.25, 0.3) is 0 Å². The summed E-state index contributed by atoms with van der Waals surface area (Å²) in [7, 11) is 2.16. The Morgan fingerprint density at radius 3 is 2.62 bits per heavy atom. The van der Waals surface area contributed by atoms with Crippen LogP contribution in [-0.2, 0) is 17.8 Å². The third kappa shape index (κ3) is 7.41. The minimum Gasteiger partial charge on any atom is -0.487 e. The van der Waals surface area contributed by atoms with Gasteiger partial charge in [0.15, 0.2) is 0 Å². The van der Waals surface area contributed by atoms with Crippen LogP contribution in [0, 0.1) is 0 Å². The zero-order valence-corrected chi connectivity index (χ0v) is 22.9. The van der Waals surface area contributed by atoms with Crippen LogP contribution in [-0.4, -0.2) is 60.0 Å². The number of hydrogen-bond acceptors (Lipinski definition) is 7. The molecular formula is C30H34N6O2S. The number of aromatic nitrogens is 2. The summed E-state index contributed by atoms with van der Waals surface area (Å²) in [6, 6.07) is 23.8. The van der Waals surface area contributed by atoms with Crippen LogP contribution in [0.4, 0.5) is 11.4 Å². The van der Waals surface area contributed by atoms with Crippen molar-refractivity contribution in [2.45, 2.75) is 28.9 Å². The normalized spacial score (nSPS) is 14.7. The number of amides is 1. The summed E-state index contributed by atoms with van der Waals surface area (Å²) < 4.78 is 6.38. The standard InChI is InChI=1S/C30H34N6O2S/c1-35-12-14-36(15-13-35)28-11-10-26(18-29(28)38-20-22-6-3-2-4-7-22)39-25-9-5-8-23(16-25)34-30(37)27(31)17-24-19-32-21-33-24/h2-11,16,18-19,21,27H,12-15,17,20,31H2,1H3,(H,32,33)(H,34,37). The smallest absolute Gasteiger partial charge is 0.241 e. The Hall–Kier alpha value is -3.79. The van der Waals surface area contributed by atoms with Crippen molar-refractivity contribution in [2.24, 2.45) is 5.73 Å². The molecule has 1 atom stereocenters. The first-order valence-electron chi connectivity index (χ1n) is 13.1. The molecule has 8 nitrogen and oxygen atoms in total. The van der Waals surface area contributed by atoms with Crippen molar-refractivity contribution in [3.63, 3.8) is 0 Å². The molecule has 0 saturated carbocycles. The molecule has 1 aliphatic rings. The van der Waals surface area contributed by atoms with E-state index >= 15 is 0 Å². The van der Waals surface area contributed by atoms with E-state index in [1.54, 1.807) is 24.3 Å². The van der Waals surface area contributed by atoms with Gasteiger partial charge in [-0.1, -0.05) is 48.2 Å². The number of hydrogen-bond donors (Lipinski definition) is 3. The van der Waals surface area contributed by atoms with Gasteiger partial charge in [0.05, 0.1) is 23.8 Å². The highest BCUT2D eigenvalue weighted by molar-refractivity contribution is 7.99. The zero-order chi connectivity index (χ0) is 27.0. The molecule has 202 valence electrons. The third-order valence-corrected chi connectivity index (χ3v) is 7.65. The lowest BCUT2D eigenvalue weighted by Crippen LogP contribution is -2.44. The largest absolute Gasteiger partial charge is 0.487 e. The number of anilines is 2. The summed E-state index contributed by atoms with van der Waals surface area (Å²) in [5.74, 6) is 0.635. The van der Waals surface area contributed by atoms with Crippen LogP contribution < -0.4 is 20.7 Å². The number of carbonyl (C=O) groups excluding carboxylic acids is 1. The molecule has 1 aromatic heterocycles. The molecule has 4 aromatic rings. The number of H-pyrrole nitrogens is 1. The minimum atomic E-state index is -0.684. The summed E-state index contributed by atoms with van der Waals surface area (Å²) in [5, 5.41) is 2.94. The molecule has 4 N–H and O–H groups in total. The van der Waals surface area contributed by atoms with Gasteiger partial charge < -0.3 is 30.6 Å². The van der Waals surface area contributed by atoms with Gasteiger partial charge in [-0.2, -0.15) is 0 Å². The zero-order valence-electron chi connectivity index (χ0n) is 22.0. The second kappa shape index (κ2) is 12.8. The highest BCUT2D eigenvalue weighted by Crippen LogP contribution is 2.37. The predicted octanol–water partition coefficient (Wildman–Crippen LogP) is 4.40. The number of benzene rings is 3. The van der Waals surface area contributed by atoms with Gasteiger partial charge in [0.1, 0.15) is 12.4 Å². The van der Waals surface area contributed by atoms with Gasteiger partial charge in [-0.25, -0.2) is 4.98 Å². The topological polar surface area (TPSA) is 99.5 Å². The van der Waals surface area contributed by atoms with Gasteiger partial charge in [-0.3, -0.25) is 4.79 Å². The highest BCUT2D eigenvalue weighted by Gasteiger charge is 2.19. The Balaban J connectivity index is 1.29. The Morgan fingerprint density at radius 1 is 1.05 bits per heavy atom. The van der Waals surface area contributed by atoms with Gasteiger partial charge >= 0.3 is 0 Å². The second-order valence-corrected chi connectivity index (χ2v) is 10.8. The Labute approximate surface area is 233 Å². The fourth-order valence-electron chi connectivity index (χ4n) is 4.45. The third-order valence-electron chi connectivity index (χ3n) is 6.67. The maximum absolute atomic E-state index is 12.6. The quantitative estimate of drug-likeness (QED) is 0.273. The van der Waals surface area contributed by atoms with Crippen LogP contribution in [0.1, 0.15) is 11.3 Å². The van der Waals surface area contributed by atoms with Gasteiger partial charge in [-0.15, -0.1) is 0 Å². The van der Waals surface area contributed by atoms with Crippen molar-refractivity contribution in [1.82, 2.24) is 14.9 Å². The Kier molecular flexibility index (Phi) is 8.82. The number of nitrogens with two attached hydrogens (primary N) is 1. The number of ether oxygens (including phenoxy) is 1. The average Bonchev–Trinajstić information content (AvgIpc) is 3.46. The van der Waals surface area contributed by atoms with Crippen LogP contribution in [0.15, 0.2) is 95.1 Å². The molecule has 5 rings (SSSR count). The first-order chi connectivity index (χ1) is 19.0. The van der Waals surface area contributed by atoms with E-state index in [1.165, 1.54) is 0 Å². The first-order valence-corrected chi connectivity index (χ1v) is 13.9. The van der Waals surface area contributed by atoms with E-state index in [0.717, 1.165) is 58.7 Å². The first kappa shape index (κ1) is 26.8. The Bertz CT molecular complexity index is 1360. The van der Waals surface area contributed by atoms with Crippen LogP contribution in [0.3, 0.4) is 0 Å². The number of rotatable bonds is 10. The molecule has 0 spiro atoms. The maximum atomic E-state index is 12.6. The number of likely N-dealkylation sites (N-methyl/N-ethyl adjacent to an activating group) is 1. The number of aromatic amines is 1. The minimum absolute atomic E-state index is 0.242. The van der Waals surface area contributed by atoms with E-state index in [-0.39, 0.29) is 5.91 Å². The monoisotopic (exact) mass is 542 g/mol. The molecule has 9 heteroatoms. The van der Waals surface area contributed by atoms with Crippen molar-refractivity contribution in [3.05, 3.63) is 96.6 Å². The fraction of sp³-hybridized carbons (Fsp3) is 0.267. The van der Waals surface area contributed by atoms with Gasteiger partial charge in [0, 0.05) is 54.3 Å². The van der Waals surface area contributed by atoms with Gasteiger partial charge in [0.2, 0.25) is 5.91 Å². The van der Waals surface area contributed by atoms with Crippen LogP contribution in [0.5, 0.6) is 5.75 Å². The maximum Gasteiger partial charge on any atom is 0.241 e. The second-order valence-electron chi connectivity index (χ2n) is 9.68. The van der Waals surface area contributed by atoms with E-state index in [4.69, 9.17) is 10.5 Å². The van der Waals surface area contributed by atoms with Crippen molar-refractivity contribution >= 4 is 29.0 Å². The van der Waals surface area contributed by atoms with E-state index in [9.17, 15) is 4.79 Å². The molecule has 1 saturated heterocycles. The SMILES string of the molecule is CN1CCN(c2ccc(Sc3cccc(NC(=O)C(N)Cc4c[nH]cn4)c3)cc2OCc2ccccc2)CC1.